The highest BCUT2D eigenvalue weighted by Gasteiger charge is 2.61. The van der Waals surface area contributed by atoms with Crippen LogP contribution >= 0.6 is 11.8 Å². The van der Waals surface area contributed by atoms with E-state index in [0.29, 0.717) is 43.9 Å². The summed E-state index contributed by atoms with van der Waals surface area (Å²) in [6.45, 7) is 7.02. The second-order valence-corrected chi connectivity index (χ2v) is 14.8. The quantitative estimate of drug-likeness (QED) is 0.385. The number of nitrogens with one attached hydrogen (secondary N) is 1. The maximum Gasteiger partial charge on any atom is 0.330 e. The number of benzene rings is 1. The van der Waals surface area contributed by atoms with E-state index in [-0.39, 0.29) is 17.9 Å². The van der Waals surface area contributed by atoms with Crippen LogP contribution in [0.15, 0.2) is 35.3 Å². The van der Waals surface area contributed by atoms with Crippen molar-refractivity contribution >= 4 is 45.5 Å². The number of aliphatic carboxylic acids is 1. The van der Waals surface area contributed by atoms with Crippen LogP contribution in [0.1, 0.15) is 70.6 Å². The molecule has 2 aliphatic carbocycles. The lowest BCUT2D eigenvalue weighted by atomic mass is 9.93. The molecule has 6 rings (SSSR count). The molecular formula is C36H46N4O6S. The summed E-state index contributed by atoms with van der Waals surface area (Å²) < 4.78 is 12.5. The second-order valence-electron chi connectivity index (χ2n) is 13.7. The molecule has 2 aliphatic heterocycles. The molecule has 2 saturated carbocycles. The normalized spacial score (nSPS) is 30.3. The molecule has 2 N–H and O–H groups in total. The highest BCUT2D eigenvalue weighted by Crippen LogP contribution is 2.47. The zero-order valence-corrected chi connectivity index (χ0v) is 28.8. The van der Waals surface area contributed by atoms with E-state index in [1.165, 1.54) is 0 Å². The number of pyridine rings is 1. The lowest BCUT2D eigenvalue weighted by Gasteiger charge is -2.26. The van der Waals surface area contributed by atoms with E-state index >= 15 is 0 Å². The number of aryl methyl sites for hydroxylation is 1. The first-order valence-electron chi connectivity index (χ1n) is 16.9. The summed E-state index contributed by atoms with van der Waals surface area (Å²) in [7, 11) is 3.44. The van der Waals surface area contributed by atoms with Crippen molar-refractivity contribution in [2.45, 2.75) is 83.4 Å². The number of hydrogen-bond acceptors (Lipinski definition) is 8. The van der Waals surface area contributed by atoms with E-state index in [0.717, 1.165) is 58.0 Å². The van der Waals surface area contributed by atoms with Gasteiger partial charge in [-0.1, -0.05) is 32.9 Å². The number of fused-ring (bicyclic) bond motifs is 3. The van der Waals surface area contributed by atoms with Crippen molar-refractivity contribution in [3.05, 3.63) is 41.6 Å². The minimum atomic E-state index is -1.32. The number of hydrogen-bond donors (Lipinski definition) is 2. The van der Waals surface area contributed by atoms with Crippen LogP contribution in [0.4, 0.5) is 0 Å². The van der Waals surface area contributed by atoms with Crippen LogP contribution in [0.25, 0.3) is 10.9 Å². The van der Waals surface area contributed by atoms with Gasteiger partial charge in [0.25, 0.3) is 0 Å². The number of amides is 2. The predicted octanol–water partition coefficient (Wildman–Crippen LogP) is 5.26. The topological polar surface area (TPSA) is 130 Å². The van der Waals surface area contributed by atoms with Gasteiger partial charge in [0.05, 0.1) is 36.2 Å². The number of ether oxygens (including phenoxy) is 2. The molecule has 3 heterocycles. The minimum Gasteiger partial charge on any atom is -0.496 e. The minimum absolute atomic E-state index is 0.102. The summed E-state index contributed by atoms with van der Waals surface area (Å²) in [5, 5.41) is 14.7. The predicted molar refractivity (Wildman–Crippen MR) is 183 cm³/mol. The molecule has 10 nitrogen and oxygen atoms in total. The first-order chi connectivity index (χ1) is 22.6. The zero-order chi connectivity index (χ0) is 33.5. The molecule has 2 fully saturated rings. The first kappa shape index (κ1) is 33.3. The molecule has 2 aromatic rings. The number of carbonyl (C=O) groups is 3. The summed E-state index contributed by atoms with van der Waals surface area (Å²) in [4.78, 5) is 51.9. The standard InChI is InChI=1S/C36H46N4O6S/c1-6-23-29(45-5)13-12-24-30(17-27(37-31(23)24)33-38-28(19-47-33)20(2)3)46-22-15-25-26(16-22)34(42)40(4)14-10-8-7-9-11-21-18-36(21,35(43)44)39-32(25)41/h9,11-13,17,20-22,25-26,28H,6-8,10,14-16,18-19H2,1-5H3,(H,39,41)(H,43,44)/b11-9-/t21-,22+,25+,26+,28?,36+/m0/s1. The van der Waals surface area contributed by atoms with E-state index in [4.69, 9.17) is 19.5 Å². The van der Waals surface area contributed by atoms with Crippen LogP contribution < -0.4 is 14.8 Å². The lowest BCUT2D eigenvalue weighted by Crippen LogP contribution is -2.49. The van der Waals surface area contributed by atoms with E-state index < -0.39 is 35.4 Å². The average Bonchev–Trinajstić information content (AvgIpc) is 3.36. The molecule has 47 heavy (non-hydrogen) atoms. The van der Waals surface area contributed by atoms with E-state index in [9.17, 15) is 19.5 Å². The number of aliphatic imine (C=N–C) groups is 1. The van der Waals surface area contributed by atoms with Gasteiger partial charge in [-0.2, -0.15) is 0 Å². The van der Waals surface area contributed by atoms with Crippen LogP contribution in [0.5, 0.6) is 11.5 Å². The summed E-state index contributed by atoms with van der Waals surface area (Å²) in [5.74, 6) is -0.421. The Bertz CT molecular complexity index is 1620. The van der Waals surface area contributed by atoms with Crippen molar-refractivity contribution in [2.75, 3.05) is 26.5 Å². The number of carboxylic acid groups (broad SMARTS) is 1. The van der Waals surface area contributed by atoms with Gasteiger partial charge in [-0.15, -0.1) is 11.8 Å². The number of aromatic nitrogens is 1. The van der Waals surface area contributed by atoms with E-state index in [1.54, 1.807) is 30.8 Å². The van der Waals surface area contributed by atoms with Crippen LogP contribution in [0.3, 0.4) is 0 Å². The van der Waals surface area contributed by atoms with Crippen molar-refractivity contribution in [3.8, 4) is 11.5 Å². The molecule has 4 aliphatic rings. The van der Waals surface area contributed by atoms with Gasteiger partial charge in [-0.05, 0) is 63.0 Å². The molecule has 1 aromatic heterocycles. The Hall–Kier alpha value is -3.60. The maximum atomic E-state index is 13.9. The molecule has 0 radical (unpaired) electrons. The third-order valence-corrected chi connectivity index (χ3v) is 11.4. The van der Waals surface area contributed by atoms with Crippen LogP contribution in [0.2, 0.25) is 0 Å². The third kappa shape index (κ3) is 6.47. The smallest absolute Gasteiger partial charge is 0.330 e. The van der Waals surface area contributed by atoms with Crippen molar-refractivity contribution in [1.82, 2.24) is 15.2 Å². The zero-order valence-electron chi connectivity index (χ0n) is 28.0. The van der Waals surface area contributed by atoms with Gasteiger partial charge in [0.2, 0.25) is 11.8 Å². The van der Waals surface area contributed by atoms with Crippen LogP contribution in [-0.2, 0) is 20.8 Å². The molecule has 2 amide bonds. The average molecular weight is 663 g/mol. The largest absolute Gasteiger partial charge is 0.496 e. The Morgan fingerprint density at radius 3 is 2.68 bits per heavy atom. The monoisotopic (exact) mass is 662 g/mol. The van der Waals surface area contributed by atoms with Crippen LogP contribution in [0, 0.1) is 23.7 Å². The van der Waals surface area contributed by atoms with Crippen molar-refractivity contribution in [3.63, 3.8) is 0 Å². The molecule has 11 heteroatoms. The Kier molecular flexibility index (Phi) is 9.56. The molecule has 0 spiro atoms. The van der Waals surface area contributed by atoms with Gasteiger partial charge in [0, 0.05) is 42.3 Å². The Morgan fingerprint density at radius 2 is 1.98 bits per heavy atom. The van der Waals surface area contributed by atoms with Crippen molar-refractivity contribution < 1.29 is 29.0 Å². The summed E-state index contributed by atoms with van der Waals surface area (Å²) in [5.41, 5.74) is 1.18. The fraction of sp³-hybridized carbons (Fsp3) is 0.583. The highest BCUT2D eigenvalue weighted by molar-refractivity contribution is 8.14. The molecule has 0 bridgehead atoms. The van der Waals surface area contributed by atoms with Crippen molar-refractivity contribution in [2.24, 2.45) is 28.7 Å². The van der Waals surface area contributed by atoms with Crippen molar-refractivity contribution in [1.29, 1.82) is 0 Å². The maximum absolute atomic E-state index is 13.9. The number of nitrogens with zero attached hydrogens (tertiary/aromatic N) is 3. The summed E-state index contributed by atoms with van der Waals surface area (Å²) >= 11 is 1.70. The number of carboxylic acids is 1. The van der Waals surface area contributed by atoms with Gasteiger partial charge in [0.1, 0.15) is 28.2 Å². The highest BCUT2D eigenvalue weighted by atomic mass is 32.2. The summed E-state index contributed by atoms with van der Waals surface area (Å²) in [6.07, 6.45) is 7.74. The molecule has 252 valence electrons. The number of methoxy groups -OCH3 is 1. The van der Waals surface area contributed by atoms with E-state index in [2.05, 4.69) is 26.1 Å². The number of rotatable bonds is 7. The van der Waals surface area contributed by atoms with Gasteiger partial charge in [-0.3, -0.25) is 14.6 Å². The molecule has 1 aromatic carbocycles. The van der Waals surface area contributed by atoms with Gasteiger partial charge >= 0.3 is 5.97 Å². The van der Waals surface area contributed by atoms with Gasteiger partial charge in [-0.25, -0.2) is 9.78 Å². The second kappa shape index (κ2) is 13.5. The third-order valence-electron chi connectivity index (χ3n) is 10.3. The number of thioether (sulfide) groups is 1. The summed E-state index contributed by atoms with van der Waals surface area (Å²) in [6, 6.07) is 6.03. The molecule has 6 atom stereocenters. The SMILES string of the molecule is CCc1c(OC)ccc2c(O[C@@H]3C[C@H]4C(=O)N[C@]5(C(=O)O)C[C@@H]5/C=C\CCCCN(C)C(=O)[C@@H]4C3)cc(C3=NC(C(C)C)CS3)nc12. The van der Waals surface area contributed by atoms with E-state index in [1.807, 2.05) is 30.4 Å². The fourth-order valence-corrected chi connectivity index (χ4v) is 8.53. The lowest BCUT2D eigenvalue weighted by molar-refractivity contribution is -0.145. The van der Waals surface area contributed by atoms with Gasteiger partial charge in [0.15, 0.2) is 0 Å². The Morgan fingerprint density at radius 1 is 1.19 bits per heavy atom. The van der Waals surface area contributed by atoms with Gasteiger partial charge < -0.3 is 24.8 Å². The Balaban J connectivity index is 1.35. The number of carbonyl (C=O) groups excluding carboxylic acids is 2. The molecule has 1 unspecified atom stereocenters. The fourth-order valence-electron chi connectivity index (χ4n) is 7.28. The molecule has 0 saturated heterocycles. The first-order valence-corrected chi connectivity index (χ1v) is 17.9. The molecular weight excluding hydrogens is 616 g/mol. The van der Waals surface area contributed by atoms with Crippen LogP contribution in [-0.4, -0.2) is 82.0 Å². The Labute approximate surface area is 280 Å². The number of allylic oxidation sites excluding steroid dienone is 1.